The standard InChI is InChI=1S/C18H14BrFN2O3/c1-10-2-5-15(14(20)8-10)21-16(23)6-7-22-17(24)12-4-3-11(19)9-13(12)18(22)25/h2-5,8-9H,6-7H2,1H3,(H,21,23). The molecule has 0 atom stereocenters. The largest absolute Gasteiger partial charge is 0.324 e. The highest BCUT2D eigenvalue weighted by Gasteiger charge is 2.35. The van der Waals surface area contributed by atoms with Crippen LogP contribution < -0.4 is 5.32 Å². The van der Waals surface area contributed by atoms with Gasteiger partial charge in [-0.1, -0.05) is 22.0 Å². The number of amides is 3. The number of benzene rings is 2. The van der Waals surface area contributed by atoms with Gasteiger partial charge in [-0.05, 0) is 42.8 Å². The minimum Gasteiger partial charge on any atom is -0.324 e. The van der Waals surface area contributed by atoms with E-state index >= 15 is 0 Å². The number of fused-ring (bicyclic) bond motifs is 1. The summed E-state index contributed by atoms with van der Waals surface area (Å²) in [5.74, 6) is -1.86. The predicted molar refractivity (Wildman–Crippen MR) is 93.9 cm³/mol. The van der Waals surface area contributed by atoms with E-state index in [2.05, 4.69) is 21.2 Å². The minimum atomic E-state index is -0.529. The van der Waals surface area contributed by atoms with Crippen molar-refractivity contribution in [1.82, 2.24) is 4.90 Å². The van der Waals surface area contributed by atoms with Crippen molar-refractivity contribution in [3.05, 3.63) is 63.4 Å². The van der Waals surface area contributed by atoms with E-state index in [0.717, 1.165) is 10.5 Å². The fourth-order valence-corrected chi connectivity index (χ4v) is 2.97. The van der Waals surface area contributed by atoms with Crippen LogP contribution in [0.4, 0.5) is 10.1 Å². The predicted octanol–water partition coefficient (Wildman–Crippen LogP) is 3.52. The first-order valence-corrected chi connectivity index (χ1v) is 8.38. The molecule has 2 aromatic carbocycles. The number of carbonyl (C=O) groups excluding carboxylic acids is 3. The van der Waals surface area contributed by atoms with E-state index in [0.29, 0.717) is 15.6 Å². The molecule has 0 radical (unpaired) electrons. The molecule has 1 heterocycles. The maximum atomic E-state index is 13.8. The van der Waals surface area contributed by atoms with E-state index in [1.54, 1.807) is 31.2 Å². The second kappa shape index (κ2) is 6.76. The number of anilines is 1. The lowest BCUT2D eigenvalue weighted by Crippen LogP contribution is -2.33. The van der Waals surface area contributed by atoms with E-state index in [9.17, 15) is 18.8 Å². The Labute approximate surface area is 151 Å². The summed E-state index contributed by atoms with van der Waals surface area (Å²) in [5.41, 5.74) is 1.44. The van der Waals surface area contributed by atoms with Gasteiger partial charge in [-0.3, -0.25) is 19.3 Å². The third kappa shape index (κ3) is 3.46. The first kappa shape index (κ1) is 17.3. The number of halogens is 2. The maximum Gasteiger partial charge on any atom is 0.261 e. The molecular weight excluding hydrogens is 391 g/mol. The molecule has 0 unspecified atom stereocenters. The van der Waals surface area contributed by atoms with Gasteiger partial charge < -0.3 is 5.32 Å². The zero-order valence-corrected chi connectivity index (χ0v) is 14.9. The van der Waals surface area contributed by atoms with Gasteiger partial charge in [0.15, 0.2) is 0 Å². The monoisotopic (exact) mass is 404 g/mol. The first-order valence-electron chi connectivity index (χ1n) is 7.58. The summed E-state index contributed by atoms with van der Waals surface area (Å²) in [6.07, 6.45) is -0.111. The Kier molecular flexibility index (Phi) is 4.67. The Morgan fingerprint density at radius 3 is 2.56 bits per heavy atom. The van der Waals surface area contributed by atoms with E-state index < -0.39 is 23.5 Å². The average Bonchev–Trinajstić information content (AvgIpc) is 2.79. The molecule has 128 valence electrons. The summed E-state index contributed by atoms with van der Waals surface area (Å²) in [7, 11) is 0. The average molecular weight is 405 g/mol. The van der Waals surface area contributed by atoms with Gasteiger partial charge in [-0.2, -0.15) is 0 Å². The van der Waals surface area contributed by atoms with Crippen molar-refractivity contribution in [2.24, 2.45) is 0 Å². The number of hydrogen-bond acceptors (Lipinski definition) is 3. The zero-order chi connectivity index (χ0) is 18.1. The molecule has 1 aliphatic heterocycles. The first-order chi connectivity index (χ1) is 11.9. The van der Waals surface area contributed by atoms with Crippen molar-refractivity contribution in [3.8, 4) is 0 Å². The fourth-order valence-electron chi connectivity index (χ4n) is 2.61. The van der Waals surface area contributed by atoms with Crippen molar-refractivity contribution in [2.45, 2.75) is 13.3 Å². The molecule has 3 rings (SSSR count). The molecule has 0 aliphatic carbocycles. The van der Waals surface area contributed by atoms with Crippen LogP contribution in [0.5, 0.6) is 0 Å². The SMILES string of the molecule is Cc1ccc(NC(=O)CCN2C(=O)c3ccc(Br)cc3C2=O)c(F)c1. The summed E-state index contributed by atoms with van der Waals surface area (Å²) in [6, 6.07) is 9.31. The van der Waals surface area contributed by atoms with Crippen molar-refractivity contribution in [1.29, 1.82) is 0 Å². The summed E-state index contributed by atoms with van der Waals surface area (Å²) in [5, 5.41) is 2.45. The van der Waals surface area contributed by atoms with Gasteiger partial charge in [-0.25, -0.2) is 4.39 Å². The summed E-state index contributed by atoms with van der Waals surface area (Å²) in [6.45, 7) is 1.68. The van der Waals surface area contributed by atoms with Crippen LogP contribution in [0.15, 0.2) is 40.9 Å². The van der Waals surface area contributed by atoms with E-state index in [1.807, 2.05) is 0 Å². The van der Waals surface area contributed by atoms with Crippen molar-refractivity contribution < 1.29 is 18.8 Å². The number of imide groups is 1. The number of aryl methyl sites for hydroxylation is 1. The minimum absolute atomic E-state index is 0.0662. The third-order valence-electron chi connectivity index (χ3n) is 3.89. The fraction of sp³-hybridized carbons (Fsp3) is 0.167. The van der Waals surface area contributed by atoms with Gasteiger partial charge in [0, 0.05) is 17.4 Å². The molecule has 1 aliphatic rings. The van der Waals surface area contributed by atoms with Gasteiger partial charge in [-0.15, -0.1) is 0 Å². The number of hydrogen-bond donors (Lipinski definition) is 1. The molecule has 1 N–H and O–H groups in total. The Morgan fingerprint density at radius 1 is 1.12 bits per heavy atom. The van der Waals surface area contributed by atoms with E-state index in [-0.39, 0.29) is 18.7 Å². The van der Waals surface area contributed by atoms with Crippen LogP contribution in [0.3, 0.4) is 0 Å². The van der Waals surface area contributed by atoms with Crippen LogP contribution in [0.2, 0.25) is 0 Å². The molecular formula is C18H14BrFN2O3. The highest BCUT2D eigenvalue weighted by molar-refractivity contribution is 9.10. The van der Waals surface area contributed by atoms with Crippen molar-refractivity contribution in [2.75, 3.05) is 11.9 Å². The topological polar surface area (TPSA) is 66.5 Å². The molecule has 25 heavy (non-hydrogen) atoms. The van der Waals surface area contributed by atoms with Crippen LogP contribution >= 0.6 is 15.9 Å². The Bertz CT molecular complexity index is 898. The molecule has 7 heteroatoms. The van der Waals surface area contributed by atoms with E-state index in [4.69, 9.17) is 0 Å². The molecule has 3 amide bonds. The van der Waals surface area contributed by atoms with Crippen LogP contribution in [0.25, 0.3) is 0 Å². The van der Waals surface area contributed by atoms with Gasteiger partial charge in [0.05, 0.1) is 16.8 Å². The Balaban J connectivity index is 1.65. The number of nitrogens with one attached hydrogen (secondary N) is 1. The van der Waals surface area contributed by atoms with Crippen LogP contribution in [-0.4, -0.2) is 29.2 Å². The second-order valence-electron chi connectivity index (χ2n) is 5.73. The second-order valence-corrected chi connectivity index (χ2v) is 6.65. The van der Waals surface area contributed by atoms with Crippen LogP contribution in [0.1, 0.15) is 32.7 Å². The quantitative estimate of drug-likeness (QED) is 0.792. The van der Waals surface area contributed by atoms with Gasteiger partial charge in [0.2, 0.25) is 5.91 Å². The molecule has 0 spiro atoms. The summed E-state index contributed by atoms with van der Waals surface area (Å²) < 4.78 is 14.5. The van der Waals surface area contributed by atoms with Crippen molar-refractivity contribution in [3.63, 3.8) is 0 Å². The molecule has 0 fully saturated rings. The van der Waals surface area contributed by atoms with Crippen LogP contribution in [0, 0.1) is 12.7 Å². The Hall–Kier alpha value is -2.54. The number of rotatable bonds is 4. The van der Waals surface area contributed by atoms with Crippen molar-refractivity contribution >= 4 is 39.3 Å². The maximum absolute atomic E-state index is 13.8. The lowest BCUT2D eigenvalue weighted by molar-refractivity contribution is -0.116. The highest BCUT2D eigenvalue weighted by Crippen LogP contribution is 2.26. The van der Waals surface area contributed by atoms with Gasteiger partial charge >= 0.3 is 0 Å². The molecule has 0 saturated carbocycles. The summed E-state index contributed by atoms with van der Waals surface area (Å²) in [4.78, 5) is 37.6. The van der Waals surface area contributed by atoms with Gasteiger partial charge in [0.25, 0.3) is 11.8 Å². The van der Waals surface area contributed by atoms with Crippen LogP contribution in [-0.2, 0) is 4.79 Å². The number of carbonyl (C=O) groups is 3. The summed E-state index contributed by atoms with van der Waals surface area (Å²) >= 11 is 3.26. The molecule has 5 nitrogen and oxygen atoms in total. The molecule has 0 aromatic heterocycles. The smallest absolute Gasteiger partial charge is 0.261 e. The van der Waals surface area contributed by atoms with Gasteiger partial charge in [0.1, 0.15) is 5.82 Å². The molecule has 2 aromatic rings. The highest BCUT2D eigenvalue weighted by atomic mass is 79.9. The number of nitrogens with zero attached hydrogens (tertiary/aromatic N) is 1. The molecule has 0 saturated heterocycles. The lowest BCUT2D eigenvalue weighted by Gasteiger charge is -2.13. The Morgan fingerprint density at radius 2 is 1.84 bits per heavy atom. The normalized spacial score (nSPS) is 13.2. The lowest BCUT2D eigenvalue weighted by atomic mass is 10.1. The van der Waals surface area contributed by atoms with E-state index in [1.165, 1.54) is 12.1 Å². The zero-order valence-electron chi connectivity index (χ0n) is 13.3. The third-order valence-corrected chi connectivity index (χ3v) is 4.39. The molecule has 0 bridgehead atoms.